The van der Waals surface area contributed by atoms with Crippen molar-refractivity contribution in [3.63, 3.8) is 0 Å². The smallest absolute Gasteiger partial charge is 0.291 e. The maximum Gasteiger partial charge on any atom is 0.291 e. The number of fused-ring (bicyclic) bond motifs is 1. The van der Waals surface area contributed by atoms with E-state index in [9.17, 15) is 9.59 Å². The molecule has 2 N–H and O–H groups in total. The Morgan fingerprint density at radius 2 is 2.11 bits per heavy atom. The summed E-state index contributed by atoms with van der Waals surface area (Å²) < 4.78 is 8.15. The number of hydrogen-bond donors (Lipinski definition) is 2. The lowest BCUT2D eigenvalue weighted by atomic mass is 10.1. The first kappa shape index (κ1) is 18.7. The molecule has 1 fully saturated rings. The molecule has 1 aliphatic rings. The largest absolute Gasteiger partial charge is 0.451 e. The number of benzene rings is 1. The molecule has 0 radical (unpaired) electrons. The second kappa shape index (κ2) is 7.79. The number of anilines is 1. The molecule has 2 heterocycles. The van der Waals surface area contributed by atoms with Crippen LogP contribution in [-0.4, -0.2) is 27.6 Å². The van der Waals surface area contributed by atoms with Crippen molar-refractivity contribution >= 4 is 44.4 Å². The van der Waals surface area contributed by atoms with Gasteiger partial charge < -0.3 is 15.1 Å². The highest BCUT2D eigenvalue weighted by Crippen LogP contribution is 2.28. The molecule has 0 atom stereocenters. The van der Waals surface area contributed by atoms with E-state index >= 15 is 0 Å². The molecule has 2 aromatic heterocycles. The molecule has 0 bridgehead atoms. The van der Waals surface area contributed by atoms with Gasteiger partial charge in [0, 0.05) is 27.7 Å². The second-order valence-corrected chi connectivity index (χ2v) is 8.04. The van der Waals surface area contributed by atoms with E-state index in [2.05, 4.69) is 31.7 Å². The first-order valence-electron chi connectivity index (χ1n) is 9.31. The Kier molecular flexibility index (Phi) is 5.21. The maximum atomic E-state index is 12.6. The molecule has 3 aromatic rings. The van der Waals surface area contributed by atoms with Crippen LogP contribution in [0.25, 0.3) is 11.0 Å². The molecule has 8 heteroatoms. The van der Waals surface area contributed by atoms with Gasteiger partial charge in [-0.1, -0.05) is 28.8 Å². The van der Waals surface area contributed by atoms with E-state index in [1.54, 1.807) is 6.20 Å². The average molecular weight is 445 g/mol. The summed E-state index contributed by atoms with van der Waals surface area (Å²) in [6.45, 7) is 1.98. The molecular formula is C20H21BrN4O3. The molecule has 1 saturated carbocycles. The van der Waals surface area contributed by atoms with E-state index in [0.29, 0.717) is 11.3 Å². The van der Waals surface area contributed by atoms with Crippen molar-refractivity contribution < 1.29 is 14.0 Å². The lowest BCUT2D eigenvalue weighted by molar-refractivity contribution is -0.122. The number of carbonyl (C=O) groups excluding carboxylic acids is 2. The minimum absolute atomic E-state index is 0.0633. The van der Waals surface area contributed by atoms with E-state index in [1.165, 1.54) is 23.7 Å². The third-order valence-electron chi connectivity index (χ3n) is 5.02. The third-order valence-corrected chi connectivity index (χ3v) is 5.51. The number of halogens is 1. The number of rotatable bonds is 5. The molecule has 1 aliphatic carbocycles. The summed E-state index contributed by atoms with van der Waals surface area (Å²) in [6.07, 6.45) is 7.58. The standard InChI is InChI=1S/C20H21BrN4O3/c1-12-16-8-13(21)6-7-17(16)28-19(12)20(27)24-15-9-22-25(10-15)11-18(26)23-14-4-2-3-5-14/h6-10,14H,2-5,11H2,1H3,(H,23,26)(H,24,27). The Morgan fingerprint density at radius 1 is 1.32 bits per heavy atom. The number of aryl methyl sites for hydroxylation is 1. The van der Waals surface area contributed by atoms with Gasteiger partial charge in [-0.25, -0.2) is 0 Å². The fourth-order valence-corrected chi connectivity index (χ4v) is 3.96. The first-order valence-corrected chi connectivity index (χ1v) is 10.1. The predicted octanol–water partition coefficient (Wildman–Crippen LogP) is 4.01. The normalized spacial score (nSPS) is 14.5. The number of furan rings is 1. The van der Waals surface area contributed by atoms with Crippen molar-refractivity contribution in [3.8, 4) is 0 Å². The summed E-state index contributed by atoms with van der Waals surface area (Å²) in [4.78, 5) is 24.7. The van der Waals surface area contributed by atoms with Crippen LogP contribution in [-0.2, 0) is 11.3 Å². The molecule has 0 aliphatic heterocycles. The van der Waals surface area contributed by atoms with Crippen molar-refractivity contribution in [1.82, 2.24) is 15.1 Å². The zero-order valence-corrected chi connectivity index (χ0v) is 17.1. The van der Waals surface area contributed by atoms with Crippen LogP contribution in [0.5, 0.6) is 0 Å². The summed E-state index contributed by atoms with van der Waals surface area (Å²) in [6, 6.07) is 5.89. The van der Waals surface area contributed by atoms with Crippen LogP contribution >= 0.6 is 15.9 Å². The van der Waals surface area contributed by atoms with Crippen LogP contribution in [0.3, 0.4) is 0 Å². The molecule has 0 saturated heterocycles. The van der Waals surface area contributed by atoms with Crippen molar-refractivity contribution in [2.75, 3.05) is 5.32 Å². The number of carbonyl (C=O) groups is 2. The van der Waals surface area contributed by atoms with Crippen LogP contribution in [0.2, 0.25) is 0 Å². The quantitative estimate of drug-likeness (QED) is 0.621. The van der Waals surface area contributed by atoms with Gasteiger partial charge in [0.05, 0.1) is 11.9 Å². The van der Waals surface area contributed by atoms with Crippen molar-refractivity contribution in [3.05, 3.63) is 46.4 Å². The Hall–Kier alpha value is -2.61. The Labute approximate surface area is 170 Å². The number of amides is 2. The van der Waals surface area contributed by atoms with Crippen molar-refractivity contribution in [2.45, 2.75) is 45.2 Å². The van der Waals surface area contributed by atoms with E-state index in [0.717, 1.165) is 28.3 Å². The third kappa shape index (κ3) is 3.96. The van der Waals surface area contributed by atoms with E-state index in [-0.39, 0.29) is 30.2 Å². The molecule has 0 spiro atoms. The fraction of sp³-hybridized carbons (Fsp3) is 0.350. The maximum absolute atomic E-state index is 12.6. The SMILES string of the molecule is Cc1c(C(=O)Nc2cnn(CC(=O)NC3CCCC3)c2)oc2ccc(Br)cc12. The average Bonchev–Trinajstić information content (AvgIpc) is 3.37. The predicted molar refractivity (Wildman–Crippen MR) is 109 cm³/mol. The van der Waals surface area contributed by atoms with Crippen LogP contribution in [0.15, 0.2) is 39.5 Å². The monoisotopic (exact) mass is 444 g/mol. The molecule has 146 valence electrons. The lowest BCUT2D eigenvalue weighted by Gasteiger charge is -2.11. The second-order valence-electron chi connectivity index (χ2n) is 7.13. The van der Waals surface area contributed by atoms with E-state index in [1.807, 2.05) is 25.1 Å². The molecular weight excluding hydrogens is 424 g/mol. The highest BCUT2D eigenvalue weighted by Gasteiger charge is 2.20. The number of nitrogens with zero attached hydrogens (tertiary/aromatic N) is 2. The van der Waals surface area contributed by atoms with Crippen molar-refractivity contribution in [2.24, 2.45) is 0 Å². The molecule has 4 rings (SSSR count). The molecule has 28 heavy (non-hydrogen) atoms. The van der Waals surface area contributed by atoms with Gasteiger partial charge in [0.25, 0.3) is 5.91 Å². The van der Waals surface area contributed by atoms with Gasteiger partial charge in [-0.3, -0.25) is 14.3 Å². The summed E-state index contributed by atoms with van der Waals surface area (Å²) in [5.74, 6) is -0.147. The van der Waals surface area contributed by atoms with Crippen LogP contribution in [0.4, 0.5) is 5.69 Å². The van der Waals surface area contributed by atoms with Gasteiger partial charge in [0.2, 0.25) is 5.91 Å². The topological polar surface area (TPSA) is 89.2 Å². The number of nitrogens with one attached hydrogen (secondary N) is 2. The Bertz CT molecular complexity index is 1030. The molecule has 7 nitrogen and oxygen atoms in total. The van der Waals surface area contributed by atoms with Crippen LogP contribution in [0.1, 0.15) is 41.8 Å². The zero-order chi connectivity index (χ0) is 19.7. The van der Waals surface area contributed by atoms with Crippen LogP contribution < -0.4 is 10.6 Å². The Morgan fingerprint density at radius 3 is 2.89 bits per heavy atom. The summed E-state index contributed by atoms with van der Waals surface area (Å²) in [7, 11) is 0. The molecule has 1 aromatic carbocycles. The summed E-state index contributed by atoms with van der Waals surface area (Å²) in [5, 5.41) is 10.9. The number of hydrogen-bond acceptors (Lipinski definition) is 4. The Balaban J connectivity index is 1.41. The fourth-order valence-electron chi connectivity index (χ4n) is 3.60. The van der Waals surface area contributed by atoms with Gasteiger partial charge >= 0.3 is 0 Å². The minimum Gasteiger partial charge on any atom is -0.451 e. The number of aromatic nitrogens is 2. The first-order chi connectivity index (χ1) is 13.5. The van der Waals surface area contributed by atoms with E-state index in [4.69, 9.17) is 4.42 Å². The van der Waals surface area contributed by atoms with Gasteiger partial charge in [-0.15, -0.1) is 0 Å². The lowest BCUT2D eigenvalue weighted by Crippen LogP contribution is -2.35. The highest BCUT2D eigenvalue weighted by atomic mass is 79.9. The molecule has 0 unspecified atom stereocenters. The summed E-state index contributed by atoms with van der Waals surface area (Å²) >= 11 is 3.43. The highest BCUT2D eigenvalue weighted by molar-refractivity contribution is 9.10. The van der Waals surface area contributed by atoms with E-state index < -0.39 is 0 Å². The van der Waals surface area contributed by atoms with Gasteiger partial charge in [0.1, 0.15) is 12.1 Å². The zero-order valence-electron chi connectivity index (χ0n) is 15.5. The van der Waals surface area contributed by atoms with Gasteiger partial charge in [-0.05, 0) is 38.0 Å². The summed E-state index contributed by atoms with van der Waals surface area (Å²) in [5.41, 5.74) is 1.95. The van der Waals surface area contributed by atoms with Crippen molar-refractivity contribution in [1.29, 1.82) is 0 Å². The van der Waals surface area contributed by atoms with Gasteiger partial charge in [0.15, 0.2) is 5.76 Å². The molecule has 2 amide bonds. The van der Waals surface area contributed by atoms with Crippen LogP contribution in [0, 0.1) is 6.92 Å². The van der Waals surface area contributed by atoms with Gasteiger partial charge in [-0.2, -0.15) is 5.10 Å². The minimum atomic E-state index is -0.347.